The van der Waals surface area contributed by atoms with Gasteiger partial charge in [0, 0.05) is 16.6 Å². The highest BCUT2D eigenvalue weighted by Gasteiger charge is 2.36. The third-order valence-corrected chi connectivity index (χ3v) is 7.52. The molecule has 0 spiro atoms. The number of rotatable bonds is 6. The van der Waals surface area contributed by atoms with Gasteiger partial charge in [-0.2, -0.15) is 9.50 Å². The Morgan fingerprint density at radius 1 is 1.38 bits per heavy atom. The molecule has 1 aromatic carbocycles. The first-order valence-corrected chi connectivity index (χ1v) is 12.5. The summed E-state index contributed by atoms with van der Waals surface area (Å²) in [6.07, 6.45) is 3.12. The van der Waals surface area contributed by atoms with Crippen molar-refractivity contribution in [3.8, 4) is 17.5 Å². The van der Waals surface area contributed by atoms with E-state index in [1.807, 2.05) is 6.07 Å². The molecule has 2 atom stereocenters. The number of ether oxygens (including phenoxy) is 1. The quantitative estimate of drug-likeness (QED) is 0.339. The molecule has 0 amide bonds. The topological polar surface area (TPSA) is 93.1 Å². The Morgan fingerprint density at radius 3 is 2.94 bits per heavy atom. The second-order valence-corrected chi connectivity index (χ2v) is 9.90. The van der Waals surface area contributed by atoms with Crippen molar-refractivity contribution in [3.05, 3.63) is 57.1 Å². The van der Waals surface area contributed by atoms with Crippen molar-refractivity contribution in [2.45, 2.75) is 25.8 Å². The van der Waals surface area contributed by atoms with Crippen LogP contribution in [0.15, 0.2) is 41.0 Å². The van der Waals surface area contributed by atoms with E-state index in [2.05, 4.69) is 15.0 Å². The summed E-state index contributed by atoms with van der Waals surface area (Å²) in [5, 5.41) is 16.6. The van der Waals surface area contributed by atoms with E-state index in [1.54, 1.807) is 37.5 Å². The number of nitrogens with zero attached hydrogens (tertiary/aromatic N) is 4. The Balaban J connectivity index is 1.57. The van der Waals surface area contributed by atoms with Gasteiger partial charge in [0.1, 0.15) is 0 Å². The molecule has 0 unspecified atom stereocenters. The summed E-state index contributed by atoms with van der Waals surface area (Å²) in [6, 6.07) is 8.41. The average Bonchev–Trinajstić information content (AvgIpc) is 3.55. The SMILES string of the molecule is CCOC(=O)[C@@H]1CCCN([C@@H](c2ccc(Cl)cc2Cl)c2sc3nc(-c4ccco4)nn3c2O)C1. The van der Waals surface area contributed by atoms with Gasteiger partial charge in [-0.15, -0.1) is 5.10 Å². The Kier molecular flexibility index (Phi) is 6.52. The number of halogens is 2. The van der Waals surface area contributed by atoms with Crippen LogP contribution < -0.4 is 0 Å². The molecule has 3 aromatic heterocycles. The Hall–Kier alpha value is -2.59. The van der Waals surface area contributed by atoms with Crippen LogP contribution in [-0.2, 0) is 9.53 Å². The second-order valence-electron chi connectivity index (χ2n) is 8.05. The molecule has 0 saturated carbocycles. The van der Waals surface area contributed by atoms with Crippen LogP contribution in [0, 0.1) is 5.92 Å². The molecule has 1 N–H and O–H groups in total. The van der Waals surface area contributed by atoms with Crippen LogP contribution in [0.4, 0.5) is 0 Å². The number of aromatic hydroxyl groups is 1. The molecule has 0 radical (unpaired) electrons. The van der Waals surface area contributed by atoms with Gasteiger partial charge in [-0.25, -0.2) is 0 Å². The number of fused-ring (bicyclic) bond motifs is 1. The van der Waals surface area contributed by atoms with Crippen LogP contribution in [0.5, 0.6) is 5.88 Å². The van der Waals surface area contributed by atoms with Gasteiger partial charge in [0.15, 0.2) is 5.76 Å². The zero-order valence-corrected chi connectivity index (χ0v) is 20.6. The largest absolute Gasteiger partial charge is 0.492 e. The number of likely N-dealkylation sites (tertiary alicyclic amines) is 1. The zero-order chi connectivity index (χ0) is 23.8. The van der Waals surface area contributed by atoms with Gasteiger partial charge >= 0.3 is 5.97 Å². The van der Waals surface area contributed by atoms with E-state index >= 15 is 0 Å². The van der Waals surface area contributed by atoms with E-state index in [0.717, 1.165) is 24.9 Å². The van der Waals surface area contributed by atoms with Crippen molar-refractivity contribution in [2.75, 3.05) is 19.7 Å². The first-order valence-electron chi connectivity index (χ1n) is 10.9. The van der Waals surface area contributed by atoms with Crippen molar-refractivity contribution in [1.82, 2.24) is 19.5 Å². The van der Waals surface area contributed by atoms with E-state index in [9.17, 15) is 9.90 Å². The number of benzene rings is 1. The number of hydrogen-bond acceptors (Lipinski definition) is 8. The van der Waals surface area contributed by atoms with Gasteiger partial charge in [-0.3, -0.25) is 9.69 Å². The molecule has 11 heteroatoms. The standard InChI is InChI=1S/C23H22Cl2N4O4S/c1-2-32-22(31)13-5-3-9-28(12-13)18(15-8-7-14(24)11-16(15)25)19-21(30)29-23(34-19)26-20(27-29)17-6-4-10-33-17/h4,6-8,10-11,13,18,30H,2-3,5,9,12H2,1H3/t13-,18+/m1/s1. The predicted molar refractivity (Wildman–Crippen MR) is 129 cm³/mol. The Bertz CT molecular complexity index is 1320. The van der Waals surface area contributed by atoms with Crippen LogP contribution >= 0.6 is 34.5 Å². The summed E-state index contributed by atoms with van der Waals surface area (Å²) in [5.74, 6) is 0.418. The monoisotopic (exact) mass is 520 g/mol. The maximum absolute atomic E-state index is 12.5. The normalized spacial score (nSPS) is 17.8. The van der Waals surface area contributed by atoms with Gasteiger partial charge in [0.05, 0.1) is 29.7 Å². The molecule has 5 rings (SSSR count). The first kappa shape index (κ1) is 23.2. The first-order chi connectivity index (χ1) is 16.5. The highest BCUT2D eigenvalue weighted by Crippen LogP contribution is 2.44. The van der Waals surface area contributed by atoms with Gasteiger partial charge < -0.3 is 14.3 Å². The molecular formula is C23H22Cl2N4O4S. The summed E-state index contributed by atoms with van der Waals surface area (Å²) >= 11 is 14.1. The summed E-state index contributed by atoms with van der Waals surface area (Å²) in [6.45, 7) is 3.35. The number of carbonyl (C=O) groups excluding carboxylic acids is 1. The molecular weight excluding hydrogens is 499 g/mol. The maximum Gasteiger partial charge on any atom is 0.310 e. The number of esters is 1. The lowest BCUT2D eigenvalue weighted by Gasteiger charge is -2.37. The Labute approximate surface area is 209 Å². The molecule has 1 fully saturated rings. The fourth-order valence-corrected chi connectivity index (χ4v) is 5.98. The van der Waals surface area contributed by atoms with Crippen LogP contribution in [0.3, 0.4) is 0 Å². The van der Waals surface area contributed by atoms with Crippen LogP contribution in [0.1, 0.15) is 36.2 Å². The molecule has 178 valence electrons. The fourth-order valence-electron chi connectivity index (χ4n) is 4.36. The van der Waals surface area contributed by atoms with E-state index in [-0.39, 0.29) is 17.8 Å². The molecule has 34 heavy (non-hydrogen) atoms. The van der Waals surface area contributed by atoms with Gasteiger partial charge in [0.25, 0.3) is 0 Å². The molecule has 1 saturated heterocycles. The van der Waals surface area contributed by atoms with Crippen molar-refractivity contribution in [3.63, 3.8) is 0 Å². The molecule has 0 aliphatic carbocycles. The number of furan rings is 1. The molecule has 0 bridgehead atoms. The van der Waals surface area contributed by atoms with Crippen molar-refractivity contribution >= 4 is 45.5 Å². The number of hydrogen-bond donors (Lipinski definition) is 1. The summed E-state index contributed by atoms with van der Waals surface area (Å²) in [5.41, 5.74) is 0.779. The zero-order valence-electron chi connectivity index (χ0n) is 18.3. The molecule has 4 heterocycles. The summed E-state index contributed by atoms with van der Waals surface area (Å²) < 4.78 is 12.1. The number of piperidine rings is 1. The summed E-state index contributed by atoms with van der Waals surface area (Å²) in [7, 11) is 0. The average molecular weight is 521 g/mol. The highest BCUT2D eigenvalue weighted by molar-refractivity contribution is 7.17. The Morgan fingerprint density at radius 2 is 2.24 bits per heavy atom. The van der Waals surface area contributed by atoms with E-state index < -0.39 is 6.04 Å². The van der Waals surface area contributed by atoms with Gasteiger partial charge in [0.2, 0.25) is 16.7 Å². The minimum atomic E-state index is -0.414. The van der Waals surface area contributed by atoms with Crippen molar-refractivity contribution in [2.24, 2.45) is 5.92 Å². The molecule has 1 aliphatic rings. The number of thiazole rings is 1. The lowest BCUT2D eigenvalue weighted by molar-refractivity contribution is -0.150. The number of aromatic nitrogens is 3. The van der Waals surface area contributed by atoms with E-state index in [0.29, 0.717) is 44.6 Å². The van der Waals surface area contributed by atoms with Crippen molar-refractivity contribution in [1.29, 1.82) is 0 Å². The highest BCUT2D eigenvalue weighted by atomic mass is 35.5. The third-order valence-electron chi connectivity index (χ3n) is 5.88. The second kappa shape index (κ2) is 9.58. The fraction of sp³-hybridized carbons (Fsp3) is 0.348. The minimum Gasteiger partial charge on any atom is -0.492 e. The molecule has 1 aliphatic heterocycles. The smallest absolute Gasteiger partial charge is 0.310 e. The van der Waals surface area contributed by atoms with Crippen LogP contribution in [0.2, 0.25) is 10.0 Å². The molecule has 4 aromatic rings. The maximum atomic E-state index is 12.5. The lowest BCUT2D eigenvalue weighted by Crippen LogP contribution is -2.41. The molecule has 8 nitrogen and oxygen atoms in total. The van der Waals surface area contributed by atoms with Gasteiger partial charge in [-0.05, 0) is 56.1 Å². The lowest BCUT2D eigenvalue weighted by atomic mass is 9.94. The van der Waals surface area contributed by atoms with Crippen LogP contribution in [-0.4, -0.2) is 50.3 Å². The number of carbonyl (C=O) groups is 1. The summed E-state index contributed by atoms with van der Waals surface area (Å²) in [4.78, 5) is 20.3. The van der Waals surface area contributed by atoms with E-state index in [1.165, 1.54) is 15.9 Å². The predicted octanol–water partition coefficient (Wildman–Crippen LogP) is 5.43. The minimum absolute atomic E-state index is 0.0282. The van der Waals surface area contributed by atoms with Gasteiger partial charge in [-0.1, -0.05) is 40.6 Å². The van der Waals surface area contributed by atoms with Crippen LogP contribution in [0.25, 0.3) is 16.5 Å². The third kappa shape index (κ3) is 4.29. The van der Waals surface area contributed by atoms with Crippen molar-refractivity contribution < 1.29 is 19.1 Å². The van der Waals surface area contributed by atoms with E-state index in [4.69, 9.17) is 32.4 Å².